The van der Waals surface area contributed by atoms with Crippen molar-refractivity contribution in [2.75, 3.05) is 25.6 Å². The largest absolute Gasteiger partial charge is 0.493 e. The fraction of sp³-hybridized carbons (Fsp3) is 0.227. The Bertz CT molecular complexity index is 1080. The fourth-order valence-electron chi connectivity index (χ4n) is 2.90. The van der Waals surface area contributed by atoms with Gasteiger partial charge in [-0.1, -0.05) is 30.9 Å². The molecule has 2 aromatic carbocycles. The lowest BCUT2D eigenvalue weighted by molar-refractivity contribution is -0.122. The summed E-state index contributed by atoms with van der Waals surface area (Å²) in [4.78, 5) is 26.9. The van der Waals surface area contributed by atoms with Crippen LogP contribution in [0.25, 0.3) is 6.08 Å². The molecule has 10 heteroatoms. The first-order valence-electron chi connectivity index (χ1n) is 9.63. The van der Waals surface area contributed by atoms with Crippen molar-refractivity contribution in [3.63, 3.8) is 0 Å². The molecule has 0 radical (unpaired) electrons. The Morgan fingerprint density at radius 3 is 2.69 bits per heavy atom. The summed E-state index contributed by atoms with van der Waals surface area (Å²) >= 11 is 8.67. The Kier molecular flexibility index (Phi) is 8.49. The zero-order chi connectivity index (χ0) is 23.3. The Morgan fingerprint density at radius 1 is 1.31 bits per heavy atom. The third kappa shape index (κ3) is 5.99. The molecule has 1 saturated heterocycles. The number of carbonyl (C=O) groups excluding carboxylic acids is 2. The molecule has 2 aromatic rings. The van der Waals surface area contributed by atoms with E-state index < -0.39 is 5.91 Å². The van der Waals surface area contributed by atoms with Crippen molar-refractivity contribution in [1.82, 2.24) is 4.90 Å². The second-order valence-electron chi connectivity index (χ2n) is 6.71. The molecule has 0 aromatic heterocycles. The maximum absolute atomic E-state index is 13.0. The molecule has 1 heterocycles. The van der Waals surface area contributed by atoms with Gasteiger partial charge in [0.25, 0.3) is 11.8 Å². The third-order valence-electron chi connectivity index (χ3n) is 4.35. The smallest absolute Gasteiger partial charge is 0.266 e. The predicted octanol–water partition coefficient (Wildman–Crippen LogP) is 5.07. The second kappa shape index (κ2) is 11.1. The number of benzene rings is 2. The molecule has 2 amide bonds. The quantitative estimate of drug-likeness (QED) is 0.265. The molecule has 3 rings (SSSR count). The van der Waals surface area contributed by atoms with Gasteiger partial charge in [0.15, 0.2) is 18.1 Å². The number of methoxy groups -OCH3 is 1. The fourth-order valence-corrected chi connectivity index (χ4v) is 4.99. The molecule has 168 valence electrons. The maximum Gasteiger partial charge on any atom is 0.266 e. The average Bonchev–Trinajstić information content (AvgIpc) is 3.02. The molecule has 0 bridgehead atoms. The first-order chi connectivity index (χ1) is 15.3. The number of hydrogen-bond donors (Lipinski definition) is 1. The monoisotopic (exact) mass is 586 g/mol. The minimum absolute atomic E-state index is 0.103. The Hall–Kier alpha value is -2.18. The molecular weight excluding hydrogens is 566 g/mol. The minimum Gasteiger partial charge on any atom is -0.493 e. The van der Waals surface area contributed by atoms with E-state index in [9.17, 15) is 14.0 Å². The van der Waals surface area contributed by atoms with Gasteiger partial charge >= 0.3 is 0 Å². The van der Waals surface area contributed by atoms with Crippen LogP contribution in [0.3, 0.4) is 0 Å². The van der Waals surface area contributed by atoms with Crippen LogP contribution in [0.2, 0.25) is 0 Å². The summed E-state index contributed by atoms with van der Waals surface area (Å²) in [6, 6.07) is 9.03. The van der Waals surface area contributed by atoms with Crippen LogP contribution in [-0.2, 0) is 9.59 Å². The molecule has 6 nitrogen and oxygen atoms in total. The highest BCUT2D eigenvalue weighted by Gasteiger charge is 2.31. The first kappa shape index (κ1) is 24.5. The van der Waals surface area contributed by atoms with Gasteiger partial charge in [-0.3, -0.25) is 14.5 Å². The van der Waals surface area contributed by atoms with Crippen LogP contribution in [0, 0.1) is 9.39 Å². The molecule has 0 saturated carbocycles. The highest BCUT2D eigenvalue weighted by Crippen LogP contribution is 2.37. The SMILES string of the molecule is CCCN1C(=O)/C(=C/c2cc(I)c(OCC(=O)Nc3ccc(F)cc3)c(OC)c2)SC1=S. The number of halogens is 2. The summed E-state index contributed by atoms with van der Waals surface area (Å²) in [5, 5.41) is 2.64. The Morgan fingerprint density at radius 2 is 2.03 bits per heavy atom. The number of anilines is 1. The van der Waals surface area contributed by atoms with Crippen LogP contribution < -0.4 is 14.8 Å². The van der Waals surface area contributed by atoms with Crippen LogP contribution in [0.15, 0.2) is 41.3 Å². The van der Waals surface area contributed by atoms with Crippen LogP contribution in [0.1, 0.15) is 18.9 Å². The van der Waals surface area contributed by atoms with Gasteiger partial charge in [-0.2, -0.15) is 0 Å². The van der Waals surface area contributed by atoms with Gasteiger partial charge in [0.2, 0.25) is 0 Å². The van der Waals surface area contributed by atoms with Crippen LogP contribution in [0.4, 0.5) is 10.1 Å². The summed E-state index contributed by atoms with van der Waals surface area (Å²) < 4.78 is 25.4. The van der Waals surface area contributed by atoms with Crippen molar-refractivity contribution in [2.24, 2.45) is 0 Å². The molecule has 1 aliphatic heterocycles. The summed E-state index contributed by atoms with van der Waals surface area (Å²) in [5.74, 6) is -0.0299. The van der Waals surface area contributed by atoms with Crippen LogP contribution >= 0.6 is 46.6 Å². The number of carbonyl (C=O) groups is 2. The second-order valence-corrected chi connectivity index (χ2v) is 9.55. The summed E-state index contributed by atoms with van der Waals surface area (Å²) in [6.45, 7) is 2.34. The van der Waals surface area contributed by atoms with E-state index in [1.165, 1.54) is 43.1 Å². The van der Waals surface area contributed by atoms with Crippen molar-refractivity contribution in [2.45, 2.75) is 13.3 Å². The summed E-state index contributed by atoms with van der Waals surface area (Å²) in [6.07, 6.45) is 2.59. The van der Waals surface area contributed by atoms with E-state index in [4.69, 9.17) is 21.7 Å². The van der Waals surface area contributed by atoms with Crippen molar-refractivity contribution < 1.29 is 23.5 Å². The van der Waals surface area contributed by atoms with E-state index in [1.54, 1.807) is 17.0 Å². The van der Waals surface area contributed by atoms with Gasteiger partial charge in [0.1, 0.15) is 10.1 Å². The van der Waals surface area contributed by atoms with E-state index in [0.717, 1.165) is 12.0 Å². The Labute approximate surface area is 208 Å². The van der Waals surface area contributed by atoms with Crippen molar-refractivity contribution in [1.29, 1.82) is 0 Å². The number of nitrogens with one attached hydrogen (secondary N) is 1. The normalized spacial score (nSPS) is 14.8. The van der Waals surface area contributed by atoms with Gasteiger partial charge in [-0.25, -0.2) is 4.39 Å². The van der Waals surface area contributed by atoms with Gasteiger partial charge in [-0.15, -0.1) is 0 Å². The van der Waals surface area contributed by atoms with Crippen molar-refractivity contribution in [3.8, 4) is 11.5 Å². The first-order valence-corrected chi connectivity index (χ1v) is 11.9. The zero-order valence-electron chi connectivity index (χ0n) is 17.3. The number of ether oxygens (including phenoxy) is 2. The standard InChI is InChI=1S/C22H20FIN2O4S2/c1-3-8-26-21(28)18(32-22(26)31)11-13-9-16(24)20(17(10-13)29-2)30-12-19(27)25-15-6-4-14(23)5-7-15/h4-7,9-11H,3,8,12H2,1-2H3,(H,25,27)/b18-11-. The number of nitrogens with zero attached hydrogens (tertiary/aromatic N) is 1. The predicted molar refractivity (Wildman–Crippen MR) is 136 cm³/mol. The van der Waals surface area contributed by atoms with Crippen LogP contribution in [-0.4, -0.2) is 41.3 Å². The highest BCUT2D eigenvalue weighted by atomic mass is 127. The zero-order valence-corrected chi connectivity index (χ0v) is 21.1. The highest BCUT2D eigenvalue weighted by molar-refractivity contribution is 14.1. The lowest BCUT2D eigenvalue weighted by Gasteiger charge is -2.14. The molecule has 0 atom stereocenters. The van der Waals surface area contributed by atoms with E-state index in [2.05, 4.69) is 27.9 Å². The number of rotatable bonds is 8. The molecule has 32 heavy (non-hydrogen) atoms. The molecule has 1 aliphatic rings. The van der Waals surface area contributed by atoms with Crippen molar-refractivity contribution >= 4 is 74.5 Å². The number of amides is 2. The topological polar surface area (TPSA) is 67.9 Å². The van der Waals surface area contributed by atoms with E-state index in [0.29, 0.717) is 36.5 Å². The number of thiocarbonyl (C=S) groups is 1. The molecule has 1 N–H and O–H groups in total. The Balaban J connectivity index is 1.72. The molecule has 0 unspecified atom stereocenters. The van der Waals surface area contributed by atoms with E-state index in [-0.39, 0.29) is 18.3 Å². The maximum atomic E-state index is 13.0. The lowest BCUT2D eigenvalue weighted by Crippen LogP contribution is -2.28. The number of thioether (sulfide) groups is 1. The van der Waals surface area contributed by atoms with Gasteiger partial charge < -0.3 is 14.8 Å². The third-order valence-corrected chi connectivity index (χ3v) is 6.52. The molecular formula is C22H20FIN2O4S2. The van der Waals surface area contributed by atoms with E-state index in [1.807, 2.05) is 13.0 Å². The lowest BCUT2D eigenvalue weighted by atomic mass is 10.2. The van der Waals surface area contributed by atoms with Crippen molar-refractivity contribution in [3.05, 3.63) is 56.3 Å². The number of hydrogen-bond acceptors (Lipinski definition) is 6. The minimum atomic E-state index is -0.391. The van der Waals surface area contributed by atoms with Crippen LogP contribution in [0.5, 0.6) is 11.5 Å². The molecule has 1 fully saturated rings. The molecule has 0 spiro atoms. The van der Waals surface area contributed by atoms with E-state index >= 15 is 0 Å². The summed E-state index contributed by atoms with van der Waals surface area (Å²) in [7, 11) is 1.50. The molecule has 0 aliphatic carbocycles. The summed E-state index contributed by atoms with van der Waals surface area (Å²) in [5.41, 5.74) is 1.23. The van der Waals surface area contributed by atoms with Gasteiger partial charge in [-0.05, 0) is 77.0 Å². The van der Waals surface area contributed by atoms with Gasteiger partial charge in [0, 0.05) is 12.2 Å². The van der Waals surface area contributed by atoms with Gasteiger partial charge in [0.05, 0.1) is 15.6 Å². The average molecular weight is 586 g/mol.